The van der Waals surface area contributed by atoms with Gasteiger partial charge in [-0.25, -0.2) is 0 Å². The summed E-state index contributed by atoms with van der Waals surface area (Å²) in [6.45, 7) is 2.46. The molecule has 0 atom stereocenters. The van der Waals surface area contributed by atoms with Gasteiger partial charge in [-0.05, 0) is 25.1 Å². The molecule has 0 saturated carbocycles. The zero-order valence-corrected chi connectivity index (χ0v) is 8.19. The number of phenolic OH excluding ortho intramolecular Hbond substituents is 2. The monoisotopic (exact) mass is 195 g/mol. The molecule has 0 aliphatic carbocycles. The molecule has 1 aromatic rings. The zero-order chi connectivity index (χ0) is 10.7. The Bertz CT molecular complexity index is 349. The van der Waals surface area contributed by atoms with E-state index in [-0.39, 0.29) is 17.4 Å². The van der Waals surface area contributed by atoms with Crippen LogP contribution in [0.4, 0.5) is 0 Å². The number of carbonyl (C=O) groups is 1. The van der Waals surface area contributed by atoms with Crippen molar-refractivity contribution < 1.29 is 15.0 Å². The molecule has 4 nitrogen and oxygen atoms in total. The Labute approximate surface area is 82.4 Å². The molecule has 76 valence electrons. The van der Waals surface area contributed by atoms with Gasteiger partial charge in [0.2, 0.25) is 0 Å². The van der Waals surface area contributed by atoms with Crippen molar-refractivity contribution in [2.24, 2.45) is 0 Å². The summed E-state index contributed by atoms with van der Waals surface area (Å²) in [5, 5.41) is 18.2. The number of phenols is 2. The van der Waals surface area contributed by atoms with E-state index >= 15 is 0 Å². The van der Waals surface area contributed by atoms with Crippen molar-refractivity contribution >= 4 is 5.91 Å². The van der Waals surface area contributed by atoms with Gasteiger partial charge in [0.15, 0.2) is 11.5 Å². The normalized spacial score (nSPS) is 9.86. The maximum atomic E-state index is 11.6. The number of hydrogen-bond acceptors (Lipinski definition) is 3. The predicted octanol–water partition coefficient (Wildman–Crippen LogP) is 1.19. The third-order valence-corrected chi connectivity index (χ3v) is 2.04. The van der Waals surface area contributed by atoms with Crippen molar-refractivity contribution in [3.05, 3.63) is 23.8 Å². The second kappa shape index (κ2) is 4.00. The fourth-order valence-corrected chi connectivity index (χ4v) is 1.02. The molecule has 1 amide bonds. The number of nitrogens with zero attached hydrogens (tertiary/aromatic N) is 1. The average Bonchev–Trinajstić information content (AvgIpc) is 2.20. The van der Waals surface area contributed by atoms with Crippen molar-refractivity contribution in [3.63, 3.8) is 0 Å². The van der Waals surface area contributed by atoms with Crippen molar-refractivity contribution in [1.29, 1.82) is 0 Å². The quantitative estimate of drug-likeness (QED) is 0.697. The highest BCUT2D eigenvalue weighted by molar-refractivity contribution is 5.94. The van der Waals surface area contributed by atoms with Crippen LogP contribution in [0.2, 0.25) is 0 Å². The minimum atomic E-state index is -0.277. The van der Waals surface area contributed by atoms with E-state index in [1.807, 2.05) is 6.92 Å². The second-order valence-corrected chi connectivity index (χ2v) is 3.02. The molecule has 0 spiro atoms. The van der Waals surface area contributed by atoms with E-state index in [1.165, 1.54) is 23.1 Å². The summed E-state index contributed by atoms with van der Waals surface area (Å²) in [7, 11) is 1.67. The molecule has 14 heavy (non-hydrogen) atoms. The van der Waals surface area contributed by atoms with Crippen LogP contribution >= 0.6 is 0 Å². The fourth-order valence-electron chi connectivity index (χ4n) is 1.02. The first-order valence-corrected chi connectivity index (χ1v) is 4.33. The van der Waals surface area contributed by atoms with Crippen molar-refractivity contribution in [1.82, 2.24) is 4.90 Å². The Balaban J connectivity index is 2.97. The van der Waals surface area contributed by atoms with Crippen LogP contribution < -0.4 is 0 Å². The first-order chi connectivity index (χ1) is 6.56. The van der Waals surface area contributed by atoms with E-state index in [1.54, 1.807) is 7.05 Å². The second-order valence-electron chi connectivity index (χ2n) is 3.02. The summed E-state index contributed by atoms with van der Waals surface area (Å²) >= 11 is 0. The summed E-state index contributed by atoms with van der Waals surface area (Å²) in [4.78, 5) is 13.1. The molecule has 4 heteroatoms. The van der Waals surface area contributed by atoms with Gasteiger partial charge in [0.25, 0.3) is 5.91 Å². The molecule has 0 radical (unpaired) electrons. The van der Waals surface area contributed by atoms with Crippen LogP contribution in [-0.4, -0.2) is 34.6 Å². The molecule has 0 unspecified atom stereocenters. The van der Waals surface area contributed by atoms with E-state index in [0.29, 0.717) is 12.1 Å². The minimum Gasteiger partial charge on any atom is -0.504 e. The average molecular weight is 195 g/mol. The molecular formula is C10H13NO3. The molecule has 0 bridgehead atoms. The van der Waals surface area contributed by atoms with E-state index < -0.39 is 0 Å². The maximum absolute atomic E-state index is 11.6. The van der Waals surface area contributed by atoms with Crippen LogP contribution in [0, 0.1) is 0 Å². The molecule has 1 rings (SSSR count). The summed E-state index contributed by atoms with van der Waals surface area (Å²) < 4.78 is 0. The van der Waals surface area contributed by atoms with Gasteiger partial charge in [0.1, 0.15) is 0 Å². The molecule has 0 aromatic heterocycles. The maximum Gasteiger partial charge on any atom is 0.253 e. The summed E-state index contributed by atoms with van der Waals surface area (Å²) in [5.74, 6) is -0.677. The number of hydrogen-bond donors (Lipinski definition) is 2. The van der Waals surface area contributed by atoms with Crippen LogP contribution in [0.3, 0.4) is 0 Å². The van der Waals surface area contributed by atoms with Crippen molar-refractivity contribution in [2.45, 2.75) is 6.92 Å². The van der Waals surface area contributed by atoms with Crippen molar-refractivity contribution in [2.75, 3.05) is 13.6 Å². The Kier molecular flexibility index (Phi) is 2.96. The summed E-state index contributed by atoms with van der Waals surface area (Å²) in [6, 6.07) is 4.03. The Morgan fingerprint density at radius 2 is 2.00 bits per heavy atom. The number of rotatable bonds is 2. The topological polar surface area (TPSA) is 60.8 Å². The van der Waals surface area contributed by atoms with Crippen LogP contribution in [0.5, 0.6) is 11.5 Å². The molecule has 0 fully saturated rings. The number of aromatic hydroxyl groups is 2. The van der Waals surface area contributed by atoms with Gasteiger partial charge >= 0.3 is 0 Å². The SMILES string of the molecule is CCN(C)C(=O)c1ccc(O)c(O)c1. The third kappa shape index (κ3) is 1.96. The smallest absolute Gasteiger partial charge is 0.253 e. The molecular weight excluding hydrogens is 182 g/mol. The largest absolute Gasteiger partial charge is 0.504 e. The lowest BCUT2D eigenvalue weighted by Crippen LogP contribution is -2.26. The molecule has 0 aliphatic rings. The first kappa shape index (κ1) is 10.4. The Hall–Kier alpha value is -1.71. The van der Waals surface area contributed by atoms with Gasteiger partial charge < -0.3 is 15.1 Å². The van der Waals surface area contributed by atoms with Gasteiger partial charge in [-0.2, -0.15) is 0 Å². The number of benzene rings is 1. The van der Waals surface area contributed by atoms with Gasteiger partial charge in [0, 0.05) is 19.2 Å². The van der Waals surface area contributed by atoms with E-state index in [0.717, 1.165) is 0 Å². The number of amides is 1. The minimum absolute atomic E-state index is 0.178. The third-order valence-electron chi connectivity index (χ3n) is 2.04. The van der Waals surface area contributed by atoms with Crippen LogP contribution in [-0.2, 0) is 0 Å². The summed E-state index contributed by atoms with van der Waals surface area (Å²) in [5.41, 5.74) is 0.365. The standard InChI is InChI=1S/C10H13NO3/c1-3-11(2)10(14)7-4-5-8(12)9(13)6-7/h4-6,12-13H,3H2,1-2H3. The van der Waals surface area contributed by atoms with E-state index in [4.69, 9.17) is 5.11 Å². The predicted molar refractivity (Wildman–Crippen MR) is 52.4 cm³/mol. The lowest BCUT2D eigenvalue weighted by atomic mass is 10.2. The zero-order valence-electron chi connectivity index (χ0n) is 8.19. The Morgan fingerprint density at radius 1 is 1.36 bits per heavy atom. The summed E-state index contributed by atoms with van der Waals surface area (Å²) in [6.07, 6.45) is 0. The van der Waals surface area contributed by atoms with Gasteiger partial charge in [-0.3, -0.25) is 4.79 Å². The fraction of sp³-hybridized carbons (Fsp3) is 0.300. The first-order valence-electron chi connectivity index (χ1n) is 4.33. The van der Waals surface area contributed by atoms with Crippen molar-refractivity contribution in [3.8, 4) is 11.5 Å². The Morgan fingerprint density at radius 3 is 2.50 bits per heavy atom. The van der Waals surface area contributed by atoms with Gasteiger partial charge in [0.05, 0.1) is 0 Å². The van der Waals surface area contributed by atoms with Gasteiger partial charge in [-0.15, -0.1) is 0 Å². The van der Waals surface area contributed by atoms with Gasteiger partial charge in [-0.1, -0.05) is 0 Å². The molecule has 1 aromatic carbocycles. The highest BCUT2D eigenvalue weighted by Gasteiger charge is 2.11. The van der Waals surface area contributed by atoms with Crippen LogP contribution in [0.1, 0.15) is 17.3 Å². The lowest BCUT2D eigenvalue weighted by Gasteiger charge is -2.14. The van der Waals surface area contributed by atoms with E-state index in [2.05, 4.69) is 0 Å². The highest BCUT2D eigenvalue weighted by Crippen LogP contribution is 2.25. The van der Waals surface area contributed by atoms with Crippen LogP contribution in [0.15, 0.2) is 18.2 Å². The molecule has 0 aliphatic heterocycles. The molecule has 0 heterocycles. The number of carbonyl (C=O) groups excluding carboxylic acids is 1. The molecule has 0 saturated heterocycles. The lowest BCUT2D eigenvalue weighted by molar-refractivity contribution is 0.0802. The highest BCUT2D eigenvalue weighted by atomic mass is 16.3. The van der Waals surface area contributed by atoms with Crippen LogP contribution in [0.25, 0.3) is 0 Å². The molecule has 2 N–H and O–H groups in total. The van der Waals surface area contributed by atoms with E-state index in [9.17, 15) is 9.90 Å².